The van der Waals surface area contributed by atoms with Crippen molar-refractivity contribution in [2.75, 3.05) is 6.61 Å². The summed E-state index contributed by atoms with van der Waals surface area (Å²) in [5.41, 5.74) is 0. The van der Waals surface area contributed by atoms with Gasteiger partial charge in [-0.3, -0.25) is 0 Å². The van der Waals surface area contributed by atoms with Gasteiger partial charge in [-0.15, -0.1) is 0 Å². The van der Waals surface area contributed by atoms with E-state index in [-0.39, 0.29) is 0 Å². The second-order valence-electron chi connectivity index (χ2n) is 2.55. The van der Waals surface area contributed by atoms with E-state index in [4.69, 9.17) is 4.84 Å². The largest absolute Gasteiger partial charge is 0.396 e. The first kappa shape index (κ1) is 9.47. The van der Waals surface area contributed by atoms with Crippen LogP contribution in [0.4, 0.5) is 0 Å². The Hall–Kier alpha value is -0.530. The van der Waals surface area contributed by atoms with Crippen LogP contribution in [0.3, 0.4) is 0 Å². The highest BCUT2D eigenvalue weighted by Crippen LogP contribution is 2.04. The smallest absolute Gasteiger partial charge is 0.119 e. The molecule has 2 heteroatoms. The molecule has 0 aliphatic carbocycles. The zero-order valence-electron chi connectivity index (χ0n) is 7.13. The minimum Gasteiger partial charge on any atom is -0.396 e. The van der Waals surface area contributed by atoms with Crippen LogP contribution in [0.15, 0.2) is 5.16 Å². The zero-order chi connectivity index (χ0) is 7.82. The molecule has 0 aromatic carbocycles. The second-order valence-corrected chi connectivity index (χ2v) is 2.55. The average molecular weight is 143 g/mol. The van der Waals surface area contributed by atoms with E-state index < -0.39 is 0 Å². The Kier molecular flexibility index (Phi) is 6.24. The highest BCUT2D eigenvalue weighted by molar-refractivity contribution is 5.52. The van der Waals surface area contributed by atoms with Gasteiger partial charge in [0.2, 0.25) is 0 Å². The highest BCUT2D eigenvalue weighted by Gasteiger charge is 1.98. The molecule has 0 amide bonds. The Morgan fingerprint density at radius 3 is 2.80 bits per heavy atom. The summed E-state index contributed by atoms with van der Waals surface area (Å²) in [7, 11) is 0. The van der Waals surface area contributed by atoms with Crippen LogP contribution in [-0.4, -0.2) is 12.8 Å². The fourth-order valence-electron chi connectivity index (χ4n) is 0.821. The Balaban J connectivity index is 3.12. The number of nitrogens with zero attached hydrogens (tertiary/aromatic N) is 1. The van der Waals surface area contributed by atoms with Crippen LogP contribution in [0, 0.1) is 5.92 Å². The maximum atomic E-state index is 4.97. The summed E-state index contributed by atoms with van der Waals surface area (Å²) >= 11 is 0. The Morgan fingerprint density at radius 2 is 2.30 bits per heavy atom. The van der Waals surface area contributed by atoms with E-state index in [1.165, 1.54) is 12.8 Å². The van der Waals surface area contributed by atoms with Gasteiger partial charge in [0.1, 0.15) is 6.61 Å². The normalized spacial score (nSPS) is 13.9. The lowest BCUT2D eigenvalue weighted by atomic mass is 10.1. The maximum Gasteiger partial charge on any atom is 0.119 e. The molecule has 0 saturated carbocycles. The van der Waals surface area contributed by atoms with Gasteiger partial charge >= 0.3 is 0 Å². The van der Waals surface area contributed by atoms with Gasteiger partial charge in [-0.25, -0.2) is 0 Å². The summed E-state index contributed by atoms with van der Waals surface area (Å²) in [6, 6.07) is 0. The number of hydrogen-bond acceptors (Lipinski definition) is 2. The lowest BCUT2D eigenvalue weighted by molar-refractivity contribution is 0.110. The molecule has 0 aromatic heterocycles. The van der Waals surface area contributed by atoms with Crippen molar-refractivity contribution in [3.63, 3.8) is 0 Å². The first-order valence-corrected chi connectivity index (χ1v) is 3.91. The van der Waals surface area contributed by atoms with Gasteiger partial charge in [0, 0.05) is 6.21 Å². The summed E-state index contributed by atoms with van der Waals surface area (Å²) in [5.74, 6) is 0.633. The molecule has 0 heterocycles. The Morgan fingerprint density at radius 1 is 1.60 bits per heavy atom. The molecule has 1 atom stereocenters. The molecule has 0 saturated heterocycles. The van der Waals surface area contributed by atoms with Gasteiger partial charge in [-0.2, -0.15) is 0 Å². The van der Waals surface area contributed by atoms with E-state index in [0.717, 1.165) is 6.61 Å². The molecular weight excluding hydrogens is 126 g/mol. The summed E-state index contributed by atoms with van der Waals surface area (Å²) in [6.07, 6.45) is 4.11. The van der Waals surface area contributed by atoms with Crippen LogP contribution < -0.4 is 0 Å². The lowest BCUT2D eigenvalue weighted by Crippen LogP contribution is -2.01. The van der Waals surface area contributed by atoms with E-state index >= 15 is 0 Å². The molecule has 0 aromatic rings. The third kappa shape index (κ3) is 5.60. The highest BCUT2D eigenvalue weighted by atomic mass is 16.6. The maximum absolute atomic E-state index is 4.97. The van der Waals surface area contributed by atoms with Crippen molar-refractivity contribution in [2.24, 2.45) is 11.1 Å². The third-order valence-electron chi connectivity index (χ3n) is 1.32. The van der Waals surface area contributed by atoms with Crippen molar-refractivity contribution in [3.05, 3.63) is 0 Å². The van der Waals surface area contributed by atoms with Gasteiger partial charge in [0.15, 0.2) is 0 Å². The van der Waals surface area contributed by atoms with Crippen LogP contribution in [0.2, 0.25) is 0 Å². The van der Waals surface area contributed by atoms with Gasteiger partial charge in [0.05, 0.1) is 0 Å². The van der Waals surface area contributed by atoms with Crippen molar-refractivity contribution in [2.45, 2.75) is 33.6 Å². The van der Waals surface area contributed by atoms with Crippen LogP contribution in [0.25, 0.3) is 0 Å². The molecule has 0 radical (unpaired) electrons. The Bertz CT molecular complexity index is 91.3. The zero-order valence-corrected chi connectivity index (χ0v) is 7.13. The van der Waals surface area contributed by atoms with E-state index in [1.807, 2.05) is 6.92 Å². The van der Waals surface area contributed by atoms with Gasteiger partial charge in [0.25, 0.3) is 0 Å². The number of rotatable bonds is 5. The molecule has 0 N–H and O–H groups in total. The van der Waals surface area contributed by atoms with E-state index in [1.54, 1.807) is 6.21 Å². The van der Waals surface area contributed by atoms with Crippen molar-refractivity contribution >= 4 is 6.21 Å². The second kappa shape index (κ2) is 6.59. The third-order valence-corrected chi connectivity index (χ3v) is 1.32. The molecule has 2 nitrogen and oxygen atoms in total. The predicted octanol–water partition coefficient (Wildman–Crippen LogP) is 2.44. The van der Waals surface area contributed by atoms with Crippen molar-refractivity contribution < 1.29 is 4.84 Å². The molecule has 0 spiro atoms. The Labute approximate surface area is 63.3 Å². The predicted molar refractivity (Wildman–Crippen MR) is 44.2 cm³/mol. The summed E-state index contributed by atoms with van der Waals surface area (Å²) in [6.45, 7) is 6.96. The first-order chi connectivity index (χ1) is 4.81. The molecule has 0 aliphatic heterocycles. The van der Waals surface area contributed by atoms with Crippen molar-refractivity contribution in [1.29, 1.82) is 0 Å². The first-order valence-electron chi connectivity index (χ1n) is 3.91. The summed E-state index contributed by atoms with van der Waals surface area (Å²) < 4.78 is 0. The van der Waals surface area contributed by atoms with Gasteiger partial charge < -0.3 is 4.84 Å². The van der Waals surface area contributed by atoms with Crippen LogP contribution in [-0.2, 0) is 4.84 Å². The van der Waals surface area contributed by atoms with Gasteiger partial charge in [-0.1, -0.05) is 25.4 Å². The molecule has 0 rings (SSSR count). The van der Waals surface area contributed by atoms with Crippen LogP contribution >= 0.6 is 0 Å². The molecule has 10 heavy (non-hydrogen) atoms. The van der Waals surface area contributed by atoms with Crippen molar-refractivity contribution in [1.82, 2.24) is 0 Å². The molecule has 60 valence electrons. The fraction of sp³-hybridized carbons (Fsp3) is 0.875. The lowest BCUT2D eigenvalue weighted by Gasteiger charge is -2.06. The minimum absolute atomic E-state index is 0.633. The van der Waals surface area contributed by atoms with Crippen LogP contribution in [0.1, 0.15) is 33.6 Å². The summed E-state index contributed by atoms with van der Waals surface area (Å²) in [4.78, 5) is 4.97. The standard InChI is InChI=1S/C8H17NO/c1-4-6-8(3)7-10-9-5-2/h5,8H,4,6-7H2,1-3H3. The van der Waals surface area contributed by atoms with Gasteiger partial charge in [-0.05, 0) is 19.3 Å². The number of oxime groups is 1. The van der Waals surface area contributed by atoms with E-state index in [2.05, 4.69) is 19.0 Å². The molecule has 0 aliphatic rings. The molecular formula is C8H17NO. The monoisotopic (exact) mass is 143 g/mol. The fourth-order valence-corrected chi connectivity index (χ4v) is 0.821. The van der Waals surface area contributed by atoms with Crippen molar-refractivity contribution in [3.8, 4) is 0 Å². The molecule has 0 bridgehead atoms. The quantitative estimate of drug-likeness (QED) is 0.428. The number of hydrogen-bond donors (Lipinski definition) is 0. The SMILES string of the molecule is CC=NOCC(C)CCC. The topological polar surface area (TPSA) is 21.6 Å². The van der Waals surface area contributed by atoms with E-state index in [0.29, 0.717) is 5.92 Å². The van der Waals surface area contributed by atoms with E-state index in [9.17, 15) is 0 Å². The van der Waals surface area contributed by atoms with Crippen LogP contribution in [0.5, 0.6) is 0 Å². The summed E-state index contributed by atoms with van der Waals surface area (Å²) in [5, 5.41) is 3.67. The molecule has 1 unspecified atom stereocenters. The average Bonchev–Trinajstić information content (AvgIpc) is 1.89. The molecule has 0 fully saturated rings. The minimum atomic E-state index is 0.633.